The molecule has 0 radical (unpaired) electrons. The van der Waals surface area contributed by atoms with E-state index in [-0.39, 0.29) is 0 Å². The SMILES string of the molecule is C[C@@H]1CC2=C(SCCS2)[C@H]1c1ccccc1. The second kappa shape index (κ2) is 4.50. The first-order chi connectivity index (χ1) is 7.86. The van der Waals surface area contributed by atoms with E-state index in [0.717, 1.165) is 5.92 Å². The molecule has 0 saturated carbocycles. The first-order valence-electron chi connectivity index (χ1n) is 5.90. The van der Waals surface area contributed by atoms with Crippen molar-refractivity contribution in [1.82, 2.24) is 0 Å². The van der Waals surface area contributed by atoms with E-state index in [0.29, 0.717) is 5.92 Å². The summed E-state index contributed by atoms with van der Waals surface area (Å²) in [4.78, 5) is 3.35. The summed E-state index contributed by atoms with van der Waals surface area (Å²) in [6.45, 7) is 2.40. The molecule has 16 heavy (non-hydrogen) atoms. The maximum absolute atomic E-state index is 2.40. The summed E-state index contributed by atoms with van der Waals surface area (Å²) in [7, 11) is 0. The van der Waals surface area contributed by atoms with Crippen LogP contribution in [0.3, 0.4) is 0 Å². The smallest absolute Gasteiger partial charge is 0.0186 e. The van der Waals surface area contributed by atoms with Crippen molar-refractivity contribution in [2.24, 2.45) is 5.92 Å². The third-order valence-corrected chi connectivity index (χ3v) is 6.16. The maximum Gasteiger partial charge on any atom is 0.0186 e. The Bertz CT molecular complexity index is 408. The van der Waals surface area contributed by atoms with Gasteiger partial charge in [-0.3, -0.25) is 0 Å². The third-order valence-electron chi connectivity index (χ3n) is 3.41. The molecule has 2 atom stereocenters. The van der Waals surface area contributed by atoms with Crippen LogP contribution in [0, 0.1) is 5.92 Å². The minimum atomic E-state index is 0.675. The third kappa shape index (κ3) is 1.82. The molecule has 2 heteroatoms. The maximum atomic E-state index is 2.40. The lowest BCUT2D eigenvalue weighted by Crippen LogP contribution is -2.05. The molecule has 0 nitrogen and oxygen atoms in total. The lowest BCUT2D eigenvalue weighted by atomic mass is 9.90. The number of benzene rings is 1. The largest absolute Gasteiger partial charge is 0.129 e. The summed E-state index contributed by atoms with van der Waals surface area (Å²) in [5.74, 6) is 4.05. The molecule has 0 unspecified atom stereocenters. The van der Waals surface area contributed by atoms with E-state index in [4.69, 9.17) is 0 Å². The highest BCUT2D eigenvalue weighted by Gasteiger charge is 2.34. The van der Waals surface area contributed by atoms with Crippen LogP contribution in [0.4, 0.5) is 0 Å². The van der Waals surface area contributed by atoms with Gasteiger partial charge in [-0.05, 0) is 22.8 Å². The predicted molar refractivity (Wildman–Crippen MR) is 74.9 cm³/mol. The van der Waals surface area contributed by atoms with Crippen molar-refractivity contribution < 1.29 is 0 Å². The van der Waals surface area contributed by atoms with E-state index < -0.39 is 0 Å². The summed E-state index contributed by atoms with van der Waals surface area (Å²) in [5.41, 5.74) is 1.51. The van der Waals surface area contributed by atoms with E-state index in [9.17, 15) is 0 Å². The van der Waals surface area contributed by atoms with Crippen molar-refractivity contribution in [1.29, 1.82) is 0 Å². The van der Waals surface area contributed by atoms with Crippen LogP contribution in [0.25, 0.3) is 0 Å². The molecule has 1 aliphatic heterocycles. The van der Waals surface area contributed by atoms with Gasteiger partial charge in [0.05, 0.1) is 0 Å². The second-order valence-corrected chi connectivity index (χ2v) is 6.88. The van der Waals surface area contributed by atoms with Crippen molar-refractivity contribution in [2.75, 3.05) is 11.5 Å². The van der Waals surface area contributed by atoms with Crippen LogP contribution in [0.15, 0.2) is 40.1 Å². The predicted octanol–water partition coefficient (Wildman–Crippen LogP) is 4.50. The molecule has 0 fully saturated rings. The molecule has 0 aromatic heterocycles. The zero-order valence-electron chi connectivity index (χ0n) is 9.48. The fraction of sp³-hybridized carbons (Fsp3) is 0.429. The van der Waals surface area contributed by atoms with Crippen LogP contribution in [0.2, 0.25) is 0 Å². The van der Waals surface area contributed by atoms with Gasteiger partial charge in [0, 0.05) is 22.3 Å². The Hall–Kier alpha value is -0.340. The Kier molecular flexibility index (Phi) is 3.03. The summed E-state index contributed by atoms with van der Waals surface area (Å²) >= 11 is 4.19. The summed E-state index contributed by atoms with van der Waals surface area (Å²) in [6, 6.07) is 11.0. The topological polar surface area (TPSA) is 0 Å². The molecule has 0 N–H and O–H groups in total. The summed E-state index contributed by atoms with van der Waals surface area (Å²) < 4.78 is 0. The van der Waals surface area contributed by atoms with Gasteiger partial charge in [0.25, 0.3) is 0 Å². The lowest BCUT2D eigenvalue weighted by Gasteiger charge is -2.21. The van der Waals surface area contributed by atoms with Gasteiger partial charge in [0.2, 0.25) is 0 Å². The van der Waals surface area contributed by atoms with Gasteiger partial charge >= 0.3 is 0 Å². The van der Waals surface area contributed by atoms with Gasteiger partial charge in [0.15, 0.2) is 0 Å². The summed E-state index contributed by atoms with van der Waals surface area (Å²) in [6.07, 6.45) is 1.30. The van der Waals surface area contributed by atoms with Crippen molar-refractivity contribution in [3.63, 3.8) is 0 Å². The number of allylic oxidation sites excluding steroid dienone is 2. The van der Waals surface area contributed by atoms with E-state index >= 15 is 0 Å². The monoisotopic (exact) mass is 248 g/mol. The Morgan fingerprint density at radius 1 is 1.06 bits per heavy atom. The fourth-order valence-corrected chi connectivity index (χ4v) is 5.63. The Labute approximate surface area is 106 Å². The van der Waals surface area contributed by atoms with Crippen LogP contribution < -0.4 is 0 Å². The van der Waals surface area contributed by atoms with Gasteiger partial charge in [-0.15, -0.1) is 23.5 Å². The quantitative estimate of drug-likeness (QED) is 0.717. The van der Waals surface area contributed by atoms with Gasteiger partial charge in [-0.2, -0.15) is 0 Å². The molecule has 1 aromatic rings. The molecular weight excluding hydrogens is 232 g/mol. The number of hydrogen-bond donors (Lipinski definition) is 0. The lowest BCUT2D eigenvalue weighted by molar-refractivity contribution is 0.560. The van der Waals surface area contributed by atoms with Crippen LogP contribution in [0.5, 0.6) is 0 Å². The van der Waals surface area contributed by atoms with Crippen LogP contribution in [0.1, 0.15) is 24.8 Å². The average molecular weight is 248 g/mol. The molecule has 3 rings (SSSR count). The Morgan fingerprint density at radius 2 is 1.81 bits per heavy atom. The van der Waals surface area contributed by atoms with Crippen LogP contribution in [-0.4, -0.2) is 11.5 Å². The second-order valence-electron chi connectivity index (χ2n) is 4.55. The Balaban J connectivity index is 1.97. The normalized spacial score (nSPS) is 29.3. The van der Waals surface area contributed by atoms with E-state index in [1.54, 1.807) is 9.81 Å². The molecule has 0 spiro atoms. The minimum absolute atomic E-state index is 0.675. The fourth-order valence-electron chi connectivity index (χ4n) is 2.70. The molecule has 2 aliphatic rings. The highest BCUT2D eigenvalue weighted by Crippen LogP contribution is 2.54. The van der Waals surface area contributed by atoms with Gasteiger partial charge in [0.1, 0.15) is 0 Å². The van der Waals surface area contributed by atoms with Gasteiger partial charge < -0.3 is 0 Å². The van der Waals surface area contributed by atoms with Crippen LogP contribution in [-0.2, 0) is 0 Å². The molecule has 0 saturated heterocycles. The van der Waals surface area contributed by atoms with Gasteiger partial charge in [-0.1, -0.05) is 37.3 Å². The van der Waals surface area contributed by atoms with Gasteiger partial charge in [-0.25, -0.2) is 0 Å². The molecule has 0 amide bonds. The Morgan fingerprint density at radius 3 is 2.62 bits per heavy atom. The van der Waals surface area contributed by atoms with Crippen molar-refractivity contribution in [3.8, 4) is 0 Å². The zero-order chi connectivity index (χ0) is 11.0. The first-order valence-corrected chi connectivity index (χ1v) is 7.87. The molecule has 1 aliphatic carbocycles. The van der Waals surface area contributed by atoms with Crippen molar-refractivity contribution >= 4 is 23.5 Å². The van der Waals surface area contributed by atoms with Crippen LogP contribution >= 0.6 is 23.5 Å². The highest BCUT2D eigenvalue weighted by molar-refractivity contribution is 8.10. The minimum Gasteiger partial charge on any atom is -0.129 e. The average Bonchev–Trinajstić information content (AvgIpc) is 2.66. The van der Waals surface area contributed by atoms with E-state index in [2.05, 4.69) is 60.8 Å². The molecule has 0 bridgehead atoms. The molecule has 1 aromatic carbocycles. The van der Waals surface area contributed by atoms with E-state index in [1.807, 2.05) is 0 Å². The molecular formula is C14H16S2. The molecule has 1 heterocycles. The van der Waals surface area contributed by atoms with E-state index in [1.165, 1.54) is 23.5 Å². The number of hydrogen-bond acceptors (Lipinski definition) is 2. The van der Waals surface area contributed by atoms with Crippen molar-refractivity contribution in [3.05, 3.63) is 45.7 Å². The standard InChI is InChI=1S/C14H16S2/c1-10-9-12-14(16-8-7-15-12)13(10)11-5-3-2-4-6-11/h2-6,10,13H,7-9H2,1H3/t10-,13-/m1/s1. The van der Waals surface area contributed by atoms with Crippen molar-refractivity contribution in [2.45, 2.75) is 19.3 Å². The zero-order valence-corrected chi connectivity index (χ0v) is 11.1. The number of rotatable bonds is 1. The molecule has 84 valence electrons. The highest BCUT2D eigenvalue weighted by atomic mass is 32.2. The summed E-state index contributed by atoms with van der Waals surface area (Å²) in [5, 5.41) is 0. The number of thioether (sulfide) groups is 2. The first kappa shape index (κ1) is 10.8.